The van der Waals surface area contributed by atoms with Gasteiger partial charge in [-0.25, -0.2) is 0 Å². The van der Waals surface area contributed by atoms with Crippen LogP contribution in [0.5, 0.6) is 0 Å². The highest BCUT2D eigenvalue weighted by atomic mass is 16.6. The van der Waals surface area contributed by atoms with Crippen LogP contribution in [-0.2, 0) is 4.74 Å². The molecule has 2 aliphatic rings. The van der Waals surface area contributed by atoms with Crippen LogP contribution in [0, 0.1) is 0 Å². The molecule has 1 N–H and O–H groups in total. The van der Waals surface area contributed by atoms with Gasteiger partial charge in [0.25, 0.3) is 0 Å². The van der Waals surface area contributed by atoms with Crippen molar-refractivity contribution in [1.82, 2.24) is 5.32 Å². The summed E-state index contributed by atoms with van der Waals surface area (Å²) in [5.74, 6) is 0. The molecule has 2 heteroatoms. The Morgan fingerprint density at radius 2 is 2.50 bits per heavy atom. The summed E-state index contributed by atoms with van der Waals surface area (Å²) in [5.41, 5.74) is 0.292. The fourth-order valence-corrected chi connectivity index (χ4v) is 1.45. The van der Waals surface area contributed by atoms with Crippen LogP contribution in [0.15, 0.2) is 0 Å². The van der Waals surface area contributed by atoms with Crippen LogP contribution in [0.4, 0.5) is 0 Å². The quantitative estimate of drug-likeness (QED) is 0.452. The van der Waals surface area contributed by atoms with Gasteiger partial charge in [-0.05, 0) is 19.9 Å². The SMILES string of the molecule is CC1OC12CCNC2. The van der Waals surface area contributed by atoms with E-state index in [2.05, 4.69) is 12.2 Å². The smallest absolute Gasteiger partial charge is 0.108 e. The molecule has 8 heavy (non-hydrogen) atoms. The summed E-state index contributed by atoms with van der Waals surface area (Å²) < 4.78 is 5.40. The van der Waals surface area contributed by atoms with Crippen molar-refractivity contribution in [3.63, 3.8) is 0 Å². The Kier molecular flexibility index (Phi) is 0.746. The van der Waals surface area contributed by atoms with Gasteiger partial charge in [-0.3, -0.25) is 0 Å². The molecule has 0 bridgehead atoms. The molecule has 0 aromatic heterocycles. The third kappa shape index (κ3) is 0.446. The molecule has 2 saturated heterocycles. The maximum atomic E-state index is 5.40. The highest BCUT2D eigenvalue weighted by molar-refractivity contribution is 5.05. The molecule has 2 nitrogen and oxygen atoms in total. The van der Waals surface area contributed by atoms with Crippen molar-refractivity contribution in [3.8, 4) is 0 Å². The van der Waals surface area contributed by atoms with E-state index in [1.807, 2.05) is 0 Å². The number of epoxide rings is 1. The largest absolute Gasteiger partial charge is 0.365 e. The third-order valence-electron chi connectivity index (χ3n) is 2.24. The van der Waals surface area contributed by atoms with Crippen molar-refractivity contribution >= 4 is 0 Å². The first kappa shape index (κ1) is 4.77. The first-order valence-corrected chi connectivity index (χ1v) is 3.22. The predicted octanol–water partition coefficient (Wildman–Crippen LogP) is 0.137. The molecule has 2 atom stereocenters. The normalized spacial score (nSPS) is 52.9. The maximum absolute atomic E-state index is 5.40. The van der Waals surface area contributed by atoms with Crippen molar-refractivity contribution in [2.24, 2.45) is 0 Å². The zero-order chi connectivity index (χ0) is 5.61. The lowest BCUT2D eigenvalue weighted by Gasteiger charge is -1.94. The number of rotatable bonds is 0. The molecular formula is C6H11NO. The van der Waals surface area contributed by atoms with Gasteiger partial charge < -0.3 is 10.1 Å². The van der Waals surface area contributed by atoms with Gasteiger partial charge in [-0.15, -0.1) is 0 Å². The summed E-state index contributed by atoms with van der Waals surface area (Å²) in [6.45, 7) is 4.37. The van der Waals surface area contributed by atoms with Crippen LogP contribution in [-0.4, -0.2) is 24.8 Å². The van der Waals surface area contributed by atoms with Crippen molar-refractivity contribution in [2.75, 3.05) is 13.1 Å². The zero-order valence-electron chi connectivity index (χ0n) is 5.11. The van der Waals surface area contributed by atoms with Gasteiger partial charge in [0, 0.05) is 6.54 Å². The summed E-state index contributed by atoms with van der Waals surface area (Å²) in [7, 11) is 0. The average Bonchev–Trinajstić information content (AvgIpc) is 2.29. The standard InChI is InChI=1S/C6H11NO/c1-5-6(8-5)2-3-7-4-6/h5,7H,2-4H2,1H3. The Bertz CT molecular complexity index is 107. The van der Waals surface area contributed by atoms with Crippen molar-refractivity contribution in [1.29, 1.82) is 0 Å². The lowest BCUT2D eigenvalue weighted by molar-refractivity contribution is 0.311. The van der Waals surface area contributed by atoms with Gasteiger partial charge >= 0.3 is 0 Å². The van der Waals surface area contributed by atoms with Crippen LogP contribution >= 0.6 is 0 Å². The Labute approximate surface area is 49.2 Å². The molecule has 2 rings (SSSR count). The zero-order valence-corrected chi connectivity index (χ0v) is 5.11. The van der Waals surface area contributed by atoms with Crippen LogP contribution in [0.1, 0.15) is 13.3 Å². The molecule has 0 aliphatic carbocycles. The van der Waals surface area contributed by atoms with E-state index in [0.717, 1.165) is 13.1 Å². The van der Waals surface area contributed by atoms with Gasteiger partial charge in [0.05, 0.1) is 6.10 Å². The second kappa shape index (κ2) is 1.25. The molecule has 0 aromatic rings. The van der Waals surface area contributed by atoms with E-state index in [4.69, 9.17) is 4.74 Å². The molecule has 0 radical (unpaired) electrons. The molecule has 2 aliphatic heterocycles. The Balaban J connectivity index is 2.06. The van der Waals surface area contributed by atoms with Gasteiger partial charge in [0.2, 0.25) is 0 Å². The van der Waals surface area contributed by atoms with Gasteiger partial charge in [-0.1, -0.05) is 0 Å². The molecule has 0 amide bonds. The first-order valence-electron chi connectivity index (χ1n) is 3.22. The summed E-state index contributed by atoms with van der Waals surface area (Å²) in [4.78, 5) is 0. The Morgan fingerprint density at radius 1 is 1.75 bits per heavy atom. The highest BCUT2D eigenvalue weighted by Gasteiger charge is 2.54. The molecule has 2 unspecified atom stereocenters. The second-order valence-corrected chi connectivity index (χ2v) is 2.75. The first-order chi connectivity index (χ1) is 3.83. The van der Waals surface area contributed by atoms with E-state index in [1.165, 1.54) is 6.42 Å². The molecular weight excluding hydrogens is 102 g/mol. The van der Waals surface area contributed by atoms with Gasteiger partial charge in [0.1, 0.15) is 5.60 Å². The third-order valence-corrected chi connectivity index (χ3v) is 2.24. The van der Waals surface area contributed by atoms with Gasteiger partial charge in [0.15, 0.2) is 0 Å². The van der Waals surface area contributed by atoms with Crippen molar-refractivity contribution in [3.05, 3.63) is 0 Å². The van der Waals surface area contributed by atoms with E-state index in [9.17, 15) is 0 Å². The van der Waals surface area contributed by atoms with Crippen LogP contribution in [0.25, 0.3) is 0 Å². The minimum Gasteiger partial charge on any atom is -0.365 e. The number of ether oxygens (including phenoxy) is 1. The fraction of sp³-hybridized carbons (Fsp3) is 1.00. The summed E-state index contributed by atoms with van der Waals surface area (Å²) in [5, 5.41) is 3.28. The van der Waals surface area contributed by atoms with E-state index < -0.39 is 0 Å². The molecule has 0 aromatic carbocycles. The molecule has 2 heterocycles. The van der Waals surface area contributed by atoms with E-state index in [1.54, 1.807) is 0 Å². The Morgan fingerprint density at radius 3 is 2.75 bits per heavy atom. The molecule has 46 valence electrons. The van der Waals surface area contributed by atoms with Crippen LogP contribution in [0.3, 0.4) is 0 Å². The lowest BCUT2D eigenvalue weighted by Crippen LogP contribution is -2.17. The van der Waals surface area contributed by atoms with E-state index >= 15 is 0 Å². The fourth-order valence-electron chi connectivity index (χ4n) is 1.45. The predicted molar refractivity (Wildman–Crippen MR) is 30.8 cm³/mol. The van der Waals surface area contributed by atoms with E-state index in [0.29, 0.717) is 11.7 Å². The number of nitrogens with one attached hydrogen (secondary N) is 1. The highest BCUT2D eigenvalue weighted by Crippen LogP contribution is 2.40. The van der Waals surface area contributed by atoms with Crippen molar-refractivity contribution < 1.29 is 4.74 Å². The van der Waals surface area contributed by atoms with Crippen LogP contribution < -0.4 is 5.32 Å². The summed E-state index contributed by atoms with van der Waals surface area (Å²) in [6, 6.07) is 0. The van der Waals surface area contributed by atoms with Crippen LogP contribution in [0.2, 0.25) is 0 Å². The second-order valence-electron chi connectivity index (χ2n) is 2.75. The molecule has 2 fully saturated rings. The topological polar surface area (TPSA) is 24.6 Å². The molecule has 0 saturated carbocycles. The monoisotopic (exact) mass is 113 g/mol. The number of hydrogen-bond acceptors (Lipinski definition) is 2. The minimum absolute atomic E-state index is 0.292. The maximum Gasteiger partial charge on any atom is 0.108 e. The minimum atomic E-state index is 0.292. The average molecular weight is 113 g/mol. The van der Waals surface area contributed by atoms with E-state index in [-0.39, 0.29) is 0 Å². The number of hydrogen-bond donors (Lipinski definition) is 1. The van der Waals surface area contributed by atoms with Gasteiger partial charge in [-0.2, -0.15) is 0 Å². The molecule has 1 spiro atoms. The van der Waals surface area contributed by atoms with Crippen molar-refractivity contribution in [2.45, 2.75) is 25.0 Å². The summed E-state index contributed by atoms with van der Waals surface area (Å²) >= 11 is 0. The Hall–Kier alpha value is -0.0800. The summed E-state index contributed by atoms with van der Waals surface area (Å²) in [6.07, 6.45) is 1.74. The lowest BCUT2D eigenvalue weighted by atomic mass is 10.1.